The first-order chi connectivity index (χ1) is 15.6. The van der Waals surface area contributed by atoms with Crippen molar-refractivity contribution in [3.05, 3.63) is 65.2 Å². The van der Waals surface area contributed by atoms with Crippen molar-refractivity contribution >= 4 is 29.9 Å². The van der Waals surface area contributed by atoms with Crippen LogP contribution in [-0.4, -0.2) is 44.5 Å². The van der Waals surface area contributed by atoms with Gasteiger partial charge in [-0.3, -0.25) is 0 Å². The fraction of sp³-hybridized carbons (Fsp3) is 0.500. The van der Waals surface area contributed by atoms with Gasteiger partial charge in [0.2, 0.25) is 0 Å². The van der Waals surface area contributed by atoms with Gasteiger partial charge in [0.25, 0.3) is 0 Å². The summed E-state index contributed by atoms with van der Waals surface area (Å²) >= 11 is 0. The summed E-state index contributed by atoms with van der Waals surface area (Å²) < 4.78 is 17.5. The number of guanidine groups is 1. The molecule has 33 heavy (non-hydrogen) atoms. The Morgan fingerprint density at radius 3 is 2.61 bits per heavy atom. The number of nitrogens with zero attached hydrogens (tertiary/aromatic N) is 1. The molecule has 0 spiro atoms. The SMILES string of the molecule is CCNC(=NCc1cccc(COC2CCOCC2)c1)NCC(C)Oc1ccccc1C.I. The minimum absolute atomic E-state index is 0. The number of aryl methyl sites for hydroxylation is 1. The minimum atomic E-state index is 0. The molecule has 1 aliphatic rings. The summed E-state index contributed by atoms with van der Waals surface area (Å²) in [7, 11) is 0. The molecular weight excluding hydrogens is 529 g/mol. The van der Waals surface area contributed by atoms with Crippen molar-refractivity contribution in [1.82, 2.24) is 10.6 Å². The molecule has 1 fully saturated rings. The van der Waals surface area contributed by atoms with Crippen LogP contribution < -0.4 is 15.4 Å². The Kier molecular flexibility index (Phi) is 12.6. The Labute approximate surface area is 215 Å². The first-order valence-electron chi connectivity index (χ1n) is 11.7. The summed E-state index contributed by atoms with van der Waals surface area (Å²) in [4.78, 5) is 4.75. The standard InChI is InChI=1S/C26H37N3O3.HI/c1-4-27-26(28-17-21(3)32-25-11-6-5-8-20(25)2)29-18-22-9-7-10-23(16-22)19-31-24-12-14-30-15-13-24;/h5-11,16,21,24H,4,12-15,17-19H2,1-3H3,(H2,27,28,29);1H. The molecule has 6 nitrogen and oxygen atoms in total. The number of halogens is 1. The quantitative estimate of drug-likeness (QED) is 0.245. The van der Waals surface area contributed by atoms with Crippen LogP contribution in [-0.2, 0) is 22.6 Å². The molecule has 1 aliphatic heterocycles. The van der Waals surface area contributed by atoms with Gasteiger partial charge in [0.15, 0.2) is 5.96 Å². The van der Waals surface area contributed by atoms with Gasteiger partial charge in [-0.2, -0.15) is 0 Å². The molecule has 0 amide bonds. The lowest BCUT2D eigenvalue weighted by Crippen LogP contribution is -2.41. The molecule has 0 aromatic heterocycles. The number of benzene rings is 2. The van der Waals surface area contributed by atoms with Crippen LogP contribution in [0, 0.1) is 6.92 Å². The van der Waals surface area contributed by atoms with E-state index in [0.29, 0.717) is 25.8 Å². The Balaban J connectivity index is 0.00000385. The topological polar surface area (TPSA) is 64.1 Å². The summed E-state index contributed by atoms with van der Waals surface area (Å²) in [5.74, 6) is 1.71. The van der Waals surface area contributed by atoms with Crippen LogP contribution in [0.4, 0.5) is 0 Å². The van der Waals surface area contributed by atoms with E-state index in [9.17, 15) is 0 Å². The molecule has 182 valence electrons. The number of ether oxygens (including phenoxy) is 3. The second-order valence-corrected chi connectivity index (χ2v) is 8.21. The van der Waals surface area contributed by atoms with Crippen LogP contribution in [0.15, 0.2) is 53.5 Å². The Morgan fingerprint density at radius 2 is 1.85 bits per heavy atom. The highest BCUT2D eigenvalue weighted by Gasteiger charge is 2.14. The second-order valence-electron chi connectivity index (χ2n) is 8.21. The number of hydrogen-bond donors (Lipinski definition) is 2. The van der Waals surface area contributed by atoms with Crippen molar-refractivity contribution in [2.75, 3.05) is 26.3 Å². The zero-order valence-corrected chi connectivity index (χ0v) is 22.3. The maximum absolute atomic E-state index is 6.06. The normalized spacial score (nSPS) is 15.4. The summed E-state index contributed by atoms with van der Waals surface area (Å²) in [6, 6.07) is 16.6. The fourth-order valence-corrected chi connectivity index (χ4v) is 3.57. The van der Waals surface area contributed by atoms with E-state index >= 15 is 0 Å². The largest absolute Gasteiger partial charge is 0.489 e. The van der Waals surface area contributed by atoms with Crippen LogP contribution in [0.25, 0.3) is 0 Å². The predicted molar refractivity (Wildman–Crippen MR) is 145 cm³/mol. The zero-order chi connectivity index (χ0) is 22.6. The highest BCUT2D eigenvalue weighted by Crippen LogP contribution is 2.17. The van der Waals surface area contributed by atoms with E-state index in [1.807, 2.05) is 18.2 Å². The molecule has 1 atom stereocenters. The molecule has 1 heterocycles. The molecule has 0 saturated carbocycles. The number of aliphatic imine (C=N–C) groups is 1. The van der Waals surface area contributed by atoms with Crippen LogP contribution in [0.5, 0.6) is 5.75 Å². The van der Waals surface area contributed by atoms with Gasteiger partial charge in [0.05, 0.1) is 25.8 Å². The number of para-hydroxylation sites is 1. The van der Waals surface area contributed by atoms with Crippen LogP contribution in [0.3, 0.4) is 0 Å². The molecule has 1 saturated heterocycles. The van der Waals surface area contributed by atoms with Crippen LogP contribution in [0.1, 0.15) is 43.4 Å². The van der Waals surface area contributed by atoms with E-state index < -0.39 is 0 Å². The van der Waals surface area contributed by atoms with Gasteiger partial charge in [-0.1, -0.05) is 42.5 Å². The molecule has 2 aromatic carbocycles. The molecule has 0 aliphatic carbocycles. The maximum Gasteiger partial charge on any atom is 0.191 e. The summed E-state index contributed by atoms with van der Waals surface area (Å²) in [5.41, 5.74) is 3.49. The van der Waals surface area contributed by atoms with Crippen molar-refractivity contribution in [3.8, 4) is 5.75 Å². The van der Waals surface area contributed by atoms with Gasteiger partial charge in [-0.05, 0) is 56.4 Å². The van der Waals surface area contributed by atoms with Gasteiger partial charge in [0, 0.05) is 19.8 Å². The first kappa shape index (κ1) is 27.4. The summed E-state index contributed by atoms with van der Waals surface area (Å²) in [6.45, 7) is 10.5. The molecule has 0 radical (unpaired) electrons. The van der Waals surface area contributed by atoms with E-state index in [-0.39, 0.29) is 30.1 Å². The Bertz CT molecular complexity index is 856. The van der Waals surface area contributed by atoms with Crippen molar-refractivity contribution < 1.29 is 14.2 Å². The van der Waals surface area contributed by atoms with E-state index in [0.717, 1.165) is 49.9 Å². The van der Waals surface area contributed by atoms with Gasteiger partial charge in [-0.25, -0.2) is 4.99 Å². The first-order valence-corrected chi connectivity index (χ1v) is 11.7. The lowest BCUT2D eigenvalue weighted by Gasteiger charge is -2.22. The molecule has 7 heteroatoms. The van der Waals surface area contributed by atoms with Gasteiger partial charge in [-0.15, -0.1) is 24.0 Å². The maximum atomic E-state index is 6.06. The van der Waals surface area contributed by atoms with Crippen LogP contribution in [0.2, 0.25) is 0 Å². The Morgan fingerprint density at radius 1 is 1.09 bits per heavy atom. The van der Waals surface area contributed by atoms with Crippen LogP contribution >= 0.6 is 24.0 Å². The highest BCUT2D eigenvalue weighted by atomic mass is 127. The average molecular weight is 568 g/mol. The molecule has 0 bridgehead atoms. The average Bonchev–Trinajstić information content (AvgIpc) is 2.82. The van der Waals surface area contributed by atoms with Gasteiger partial charge in [0.1, 0.15) is 11.9 Å². The zero-order valence-electron chi connectivity index (χ0n) is 20.0. The summed E-state index contributed by atoms with van der Waals surface area (Å²) in [5, 5.41) is 6.70. The third kappa shape index (κ3) is 9.90. The minimum Gasteiger partial charge on any atom is -0.489 e. The number of nitrogens with one attached hydrogen (secondary N) is 2. The number of hydrogen-bond acceptors (Lipinski definition) is 4. The monoisotopic (exact) mass is 567 g/mol. The molecular formula is C26H38IN3O3. The second kappa shape index (κ2) is 15.1. The molecule has 2 aromatic rings. The number of rotatable bonds is 10. The Hall–Kier alpha value is -1.84. The highest BCUT2D eigenvalue weighted by molar-refractivity contribution is 14.0. The lowest BCUT2D eigenvalue weighted by molar-refractivity contribution is -0.0390. The summed E-state index contributed by atoms with van der Waals surface area (Å²) in [6.07, 6.45) is 2.28. The van der Waals surface area contributed by atoms with Crippen molar-refractivity contribution in [2.45, 2.75) is 59.0 Å². The van der Waals surface area contributed by atoms with Crippen molar-refractivity contribution in [2.24, 2.45) is 4.99 Å². The van der Waals surface area contributed by atoms with E-state index in [1.54, 1.807) is 0 Å². The van der Waals surface area contributed by atoms with E-state index in [1.165, 1.54) is 11.1 Å². The van der Waals surface area contributed by atoms with Gasteiger partial charge >= 0.3 is 0 Å². The smallest absolute Gasteiger partial charge is 0.191 e. The predicted octanol–water partition coefficient (Wildman–Crippen LogP) is 4.83. The van der Waals surface area contributed by atoms with Crippen molar-refractivity contribution in [3.63, 3.8) is 0 Å². The van der Waals surface area contributed by atoms with E-state index in [4.69, 9.17) is 19.2 Å². The lowest BCUT2D eigenvalue weighted by atomic mass is 10.1. The molecule has 1 unspecified atom stereocenters. The van der Waals surface area contributed by atoms with Gasteiger partial charge < -0.3 is 24.8 Å². The molecule has 2 N–H and O–H groups in total. The fourth-order valence-electron chi connectivity index (χ4n) is 3.57. The third-order valence-corrected chi connectivity index (χ3v) is 5.39. The molecule has 3 rings (SSSR count). The van der Waals surface area contributed by atoms with E-state index in [2.05, 4.69) is 61.7 Å². The van der Waals surface area contributed by atoms with Crippen molar-refractivity contribution in [1.29, 1.82) is 0 Å². The third-order valence-electron chi connectivity index (χ3n) is 5.39.